The molecule has 0 aliphatic carbocycles. The maximum atomic E-state index is 12.0. The van der Waals surface area contributed by atoms with E-state index in [9.17, 15) is 9.59 Å². The standard InChI is InChI=1S/C12H12N4O3S/c1-3-19-11(18)9-8(7-17)14-12(20-2)15-10(9)16-6-4-5-13-16/h4-7H,3H2,1-2H3. The number of nitrogens with zero attached hydrogens (tertiary/aromatic N) is 4. The number of esters is 1. The highest BCUT2D eigenvalue weighted by Crippen LogP contribution is 2.19. The number of aldehydes is 1. The Balaban J connectivity index is 2.67. The molecule has 0 bridgehead atoms. The molecule has 7 nitrogen and oxygen atoms in total. The van der Waals surface area contributed by atoms with Gasteiger partial charge in [-0.15, -0.1) is 0 Å². The van der Waals surface area contributed by atoms with Gasteiger partial charge in [0.15, 0.2) is 17.3 Å². The highest BCUT2D eigenvalue weighted by molar-refractivity contribution is 7.98. The van der Waals surface area contributed by atoms with Crippen LogP contribution in [0.2, 0.25) is 0 Å². The Morgan fingerprint density at radius 1 is 1.50 bits per heavy atom. The number of thioether (sulfide) groups is 1. The number of hydrogen-bond donors (Lipinski definition) is 0. The molecule has 0 radical (unpaired) electrons. The van der Waals surface area contributed by atoms with E-state index in [1.54, 1.807) is 31.6 Å². The number of carbonyl (C=O) groups excluding carboxylic acids is 2. The van der Waals surface area contributed by atoms with E-state index < -0.39 is 5.97 Å². The van der Waals surface area contributed by atoms with Crippen LogP contribution in [0.3, 0.4) is 0 Å². The molecule has 0 aromatic carbocycles. The minimum absolute atomic E-state index is 0.00620. The lowest BCUT2D eigenvalue weighted by molar-refractivity contribution is 0.0522. The first kappa shape index (κ1) is 14.2. The molecule has 2 aromatic heterocycles. The Bertz CT molecular complexity index is 628. The van der Waals surface area contributed by atoms with E-state index in [0.717, 1.165) is 0 Å². The van der Waals surface area contributed by atoms with Crippen molar-refractivity contribution in [2.24, 2.45) is 0 Å². The third kappa shape index (κ3) is 2.69. The second-order valence-electron chi connectivity index (χ2n) is 3.58. The maximum absolute atomic E-state index is 12.0. The van der Waals surface area contributed by atoms with Crippen LogP contribution >= 0.6 is 11.8 Å². The molecule has 0 N–H and O–H groups in total. The van der Waals surface area contributed by atoms with E-state index in [-0.39, 0.29) is 23.7 Å². The van der Waals surface area contributed by atoms with Gasteiger partial charge in [-0.25, -0.2) is 19.4 Å². The largest absolute Gasteiger partial charge is 0.462 e. The van der Waals surface area contributed by atoms with Crippen LogP contribution < -0.4 is 0 Å². The molecule has 0 atom stereocenters. The Kier molecular flexibility index (Phi) is 4.46. The van der Waals surface area contributed by atoms with Gasteiger partial charge in [0, 0.05) is 12.4 Å². The fourth-order valence-electron chi connectivity index (χ4n) is 1.58. The smallest absolute Gasteiger partial charge is 0.344 e. The third-order valence-electron chi connectivity index (χ3n) is 2.39. The molecule has 0 saturated heterocycles. The van der Waals surface area contributed by atoms with Gasteiger partial charge in [-0.1, -0.05) is 11.8 Å². The van der Waals surface area contributed by atoms with Crippen molar-refractivity contribution in [2.45, 2.75) is 12.1 Å². The van der Waals surface area contributed by atoms with Crippen molar-refractivity contribution in [3.63, 3.8) is 0 Å². The summed E-state index contributed by atoms with van der Waals surface area (Å²) in [5.41, 5.74) is 0.0108. The molecule has 8 heteroatoms. The van der Waals surface area contributed by atoms with Gasteiger partial charge in [-0.2, -0.15) is 5.10 Å². The second-order valence-corrected chi connectivity index (χ2v) is 4.36. The van der Waals surface area contributed by atoms with Crippen molar-refractivity contribution in [2.75, 3.05) is 12.9 Å². The van der Waals surface area contributed by atoms with Crippen molar-refractivity contribution in [1.82, 2.24) is 19.7 Å². The van der Waals surface area contributed by atoms with E-state index in [1.807, 2.05) is 0 Å². The number of rotatable bonds is 5. The Morgan fingerprint density at radius 2 is 2.30 bits per heavy atom. The quantitative estimate of drug-likeness (QED) is 0.356. The summed E-state index contributed by atoms with van der Waals surface area (Å²) in [6.45, 7) is 1.88. The van der Waals surface area contributed by atoms with E-state index in [4.69, 9.17) is 4.74 Å². The lowest BCUT2D eigenvalue weighted by atomic mass is 10.2. The normalized spacial score (nSPS) is 10.3. The molecular weight excluding hydrogens is 280 g/mol. The van der Waals surface area contributed by atoms with Crippen molar-refractivity contribution < 1.29 is 14.3 Å². The highest BCUT2D eigenvalue weighted by atomic mass is 32.2. The summed E-state index contributed by atoms with van der Waals surface area (Å²) in [6, 6.07) is 1.69. The molecule has 20 heavy (non-hydrogen) atoms. The van der Waals surface area contributed by atoms with Gasteiger partial charge >= 0.3 is 5.97 Å². The molecule has 0 unspecified atom stereocenters. The monoisotopic (exact) mass is 292 g/mol. The van der Waals surface area contributed by atoms with Crippen molar-refractivity contribution in [1.29, 1.82) is 0 Å². The van der Waals surface area contributed by atoms with Gasteiger partial charge in [0.1, 0.15) is 11.3 Å². The molecule has 0 aliphatic rings. The maximum Gasteiger partial charge on any atom is 0.344 e. The molecule has 0 aliphatic heterocycles. The highest BCUT2D eigenvalue weighted by Gasteiger charge is 2.23. The summed E-state index contributed by atoms with van der Waals surface area (Å²) in [5.74, 6) is -0.414. The molecule has 0 fully saturated rings. The van der Waals surface area contributed by atoms with Crippen LogP contribution in [0.1, 0.15) is 27.8 Å². The van der Waals surface area contributed by atoms with E-state index in [2.05, 4.69) is 15.1 Å². The molecule has 2 aromatic rings. The number of carbonyl (C=O) groups is 2. The zero-order valence-corrected chi connectivity index (χ0v) is 11.8. The summed E-state index contributed by atoms with van der Waals surface area (Å²) in [4.78, 5) is 31.5. The zero-order chi connectivity index (χ0) is 14.5. The van der Waals surface area contributed by atoms with Crippen molar-refractivity contribution in [3.05, 3.63) is 29.7 Å². The van der Waals surface area contributed by atoms with Gasteiger partial charge in [-0.3, -0.25) is 4.79 Å². The fourth-order valence-corrected chi connectivity index (χ4v) is 1.95. The molecule has 0 amide bonds. The predicted molar refractivity (Wildman–Crippen MR) is 72.3 cm³/mol. The predicted octanol–water partition coefficient (Wildman–Crippen LogP) is 1.37. The second kappa shape index (κ2) is 6.29. The van der Waals surface area contributed by atoms with E-state index in [0.29, 0.717) is 11.4 Å². The average molecular weight is 292 g/mol. The fraction of sp³-hybridized carbons (Fsp3) is 0.250. The van der Waals surface area contributed by atoms with Crippen LogP contribution in [0.25, 0.3) is 5.82 Å². The minimum atomic E-state index is -0.646. The summed E-state index contributed by atoms with van der Waals surface area (Å²) >= 11 is 1.27. The summed E-state index contributed by atoms with van der Waals surface area (Å²) < 4.78 is 6.36. The topological polar surface area (TPSA) is 87.0 Å². The molecular formula is C12H12N4O3S. The van der Waals surface area contributed by atoms with E-state index >= 15 is 0 Å². The van der Waals surface area contributed by atoms with Gasteiger partial charge in [0.2, 0.25) is 0 Å². The Labute approximate surface area is 119 Å². The van der Waals surface area contributed by atoms with Crippen LogP contribution in [-0.2, 0) is 4.74 Å². The Morgan fingerprint density at radius 3 is 2.85 bits per heavy atom. The first-order valence-electron chi connectivity index (χ1n) is 5.79. The summed E-state index contributed by atoms with van der Waals surface area (Å²) in [7, 11) is 0. The minimum Gasteiger partial charge on any atom is -0.462 e. The van der Waals surface area contributed by atoms with E-state index in [1.165, 1.54) is 16.4 Å². The lowest BCUT2D eigenvalue weighted by Crippen LogP contribution is -2.17. The number of hydrogen-bond acceptors (Lipinski definition) is 7. The average Bonchev–Trinajstić information content (AvgIpc) is 3.00. The molecule has 0 spiro atoms. The number of aromatic nitrogens is 4. The summed E-state index contributed by atoms with van der Waals surface area (Å²) in [6.07, 6.45) is 5.47. The van der Waals surface area contributed by atoms with Gasteiger partial charge in [0.25, 0.3) is 0 Å². The molecule has 2 heterocycles. The first-order chi connectivity index (χ1) is 9.71. The van der Waals surface area contributed by atoms with Crippen LogP contribution in [0.5, 0.6) is 0 Å². The van der Waals surface area contributed by atoms with Crippen LogP contribution in [0.15, 0.2) is 23.6 Å². The Hall–Kier alpha value is -2.22. The zero-order valence-electron chi connectivity index (χ0n) is 10.9. The van der Waals surface area contributed by atoms with Crippen LogP contribution in [0, 0.1) is 0 Å². The van der Waals surface area contributed by atoms with Crippen molar-refractivity contribution in [3.8, 4) is 5.82 Å². The van der Waals surface area contributed by atoms with Gasteiger partial charge in [-0.05, 0) is 19.2 Å². The first-order valence-corrected chi connectivity index (χ1v) is 7.02. The van der Waals surface area contributed by atoms with Gasteiger partial charge in [0.05, 0.1) is 6.61 Å². The lowest BCUT2D eigenvalue weighted by Gasteiger charge is -2.10. The SMILES string of the molecule is CCOC(=O)c1c(C=O)nc(SC)nc1-n1cccn1. The summed E-state index contributed by atoms with van der Waals surface area (Å²) in [5, 5.41) is 4.41. The number of ether oxygens (including phenoxy) is 1. The van der Waals surface area contributed by atoms with Crippen molar-refractivity contribution >= 4 is 24.0 Å². The van der Waals surface area contributed by atoms with Crippen LogP contribution in [0.4, 0.5) is 0 Å². The van der Waals surface area contributed by atoms with Gasteiger partial charge < -0.3 is 4.74 Å². The van der Waals surface area contributed by atoms with Crippen LogP contribution in [-0.4, -0.2) is 44.9 Å². The molecule has 0 saturated carbocycles. The molecule has 2 rings (SSSR count). The third-order valence-corrected chi connectivity index (χ3v) is 2.94. The molecule has 104 valence electrons.